The van der Waals surface area contributed by atoms with Gasteiger partial charge in [0, 0.05) is 5.02 Å². The molecule has 1 unspecified atom stereocenters. The minimum absolute atomic E-state index is 0.150. The minimum atomic E-state index is -0.150. The molecule has 3 aromatic rings. The molecule has 0 aliphatic rings. The maximum Gasteiger partial charge on any atom is 0.153 e. The van der Waals surface area contributed by atoms with Crippen LogP contribution in [0.1, 0.15) is 24.4 Å². The monoisotopic (exact) mass is 286 g/mol. The number of benzene rings is 2. The number of rotatable bonds is 3. The Morgan fingerprint density at radius 2 is 2.00 bits per heavy atom. The molecular weight excluding hydrogens is 272 g/mol. The van der Waals surface area contributed by atoms with Crippen molar-refractivity contribution in [2.45, 2.75) is 20.0 Å². The van der Waals surface area contributed by atoms with Gasteiger partial charge in [0.2, 0.25) is 0 Å². The zero-order valence-electron chi connectivity index (χ0n) is 11.4. The quantitative estimate of drug-likeness (QED) is 0.760. The van der Waals surface area contributed by atoms with Gasteiger partial charge in [-0.3, -0.25) is 0 Å². The van der Waals surface area contributed by atoms with Gasteiger partial charge in [-0.25, -0.2) is 4.98 Å². The summed E-state index contributed by atoms with van der Waals surface area (Å²) in [6.45, 7) is 3.93. The second-order valence-corrected chi connectivity index (χ2v) is 5.22. The van der Waals surface area contributed by atoms with Crippen molar-refractivity contribution in [2.24, 2.45) is 0 Å². The maximum absolute atomic E-state index is 6.01. The van der Waals surface area contributed by atoms with Gasteiger partial charge in [0.05, 0.1) is 11.0 Å². The topological polar surface area (TPSA) is 37.9 Å². The molecule has 0 saturated carbocycles. The van der Waals surface area contributed by atoms with Crippen LogP contribution in [0, 0.1) is 6.92 Å². The molecule has 1 N–H and O–H groups in total. The fourth-order valence-corrected chi connectivity index (χ4v) is 2.23. The van der Waals surface area contributed by atoms with Crippen LogP contribution in [0.15, 0.2) is 42.5 Å². The fraction of sp³-hybridized carbons (Fsp3) is 0.188. The van der Waals surface area contributed by atoms with Gasteiger partial charge in [0.1, 0.15) is 11.6 Å². The lowest BCUT2D eigenvalue weighted by molar-refractivity contribution is 0.218. The maximum atomic E-state index is 6.01. The Kier molecular flexibility index (Phi) is 3.36. The molecule has 0 radical (unpaired) electrons. The van der Waals surface area contributed by atoms with Gasteiger partial charge in [-0.05, 0) is 49.7 Å². The van der Waals surface area contributed by atoms with Crippen molar-refractivity contribution in [1.29, 1.82) is 0 Å². The number of ether oxygens (including phenoxy) is 1. The Morgan fingerprint density at radius 3 is 2.75 bits per heavy atom. The summed E-state index contributed by atoms with van der Waals surface area (Å²) in [6.07, 6.45) is -0.150. The zero-order valence-corrected chi connectivity index (χ0v) is 12.1. The first-order valence-corrected chi connectivity index (χ1v) is 6.89. The lowest BCUT2D eigenvalue weighted by Crippen LogP contribution is -2.05. The smallest absolute Gasteiger partial charge is 0.153 e. The van der Waals surface area contributed by atoms with Crippen molar-refractivity contribution < 1.29 is 4.74 Å². The summed E-state index contributed by atoms with van der Waals surface area (Å²) < 4.78 is 5.91. The van der Waals surface area contributed by atoms with E-state index in [1.54, 1.807) is 0 Å². The van der Waals surface area contributed by atoms with Crippen LogP contribution in [0.5, 0.6) is 5.75 Å². The largest absolute Gasteiger partial charge is 0.483 e. The second kappa shape index (κ2) is 5.17. The SMILES string of the molecule is Cc1cc(OC(C)c2nc3ccccc3[nH]2)ccc1Cl. The number of aryl methyl sites for hydroxylation is 1. The highest BCUT2D eigenvalue weighted by atomic mass is 35.5. The molecule has 0 saturated heterocycles. The van der Waals surface area contributed by atoms with Crippen molar-refractivity contribution in [3.8, 4) is 5.75 Å². The first kappa shape index (κ1) is 13.0. The van der Waals surface area contributed by atoms with Gasteiger partial charge in [-0.1, -0.05) is 23.7 Å². The van der Waals surface area contributed by atoms with Gasteiger partial charge >= 0.3 is 0 Å². The van der Waals surface area contributed by atoms with E-state index in [0.29, 0.717) is 0 Å². The highest BCUT2D eigenvalue weighted by Crippen LogP contribution is 2.25. The molecule has 0 spiro atoms. The molecule has 0 aliphatic heterocycles. The third-order valence-corrected chi connectivity index (χ3v) is 3.66. The molecule has 2 aromatic carbocycles. The van der Waals surface area contributed by atoms with Crippen LogP contribution in [0.3, 0.4) is 0 Å². The number of hydrogen-bond acceptors (Lipinski definition) is 2. The van der Waals surface area contributed by atoms with Gasteiger partial charge in [0.25, 0.3) is 0 Å². The standard InChI is InChI=1S/C16H15ClN2O/c1-10-9-12(7-8-13(10)17)20-11(2)16-18-14-5-3-4-6-15(14)19-16/h3-9,11H,1-2H3,(H,18,19). The third-order valence-electron chi connectivity index (χ3n) is 3.24. The average molecular weight is 287 g/mol. The number of halogens is 1. The Balaban J connectivity index is 1.84. The molecule has 0 fully saturated rings. The van der Waals surface area contributed by atoms with Crippen LogP contribution >= 0.6 is 11.6 Å². The molecule has 1 atom stereocenters. The normalized spacial score (nSPS) is 12.6. The molecule has 1 aromatic heterocycles. The number of aromatic amines is 1. The Bertz CT molecular complexity index is 718. The van der Waals surface area contributed by atoms with Crippen molar-refractivity contribution in [3.63, 3.8) is 0 Å². The van der Waals surface area contributed by atoms with Crippen molar-refractivity contribution in [2.75, 3.05) is 0 Å². The number of imidazole rings is 1. The molecule has 20 heavy (non-hydrogen) atoms. The van der Waals surface area contributed by atoms with E-state index in [4.69, 9.17) is 16.3 Å². The number of nitrogens with one attached hydrogen (secondary N) is 1. The van der Waals surface area contributed by atoms with E-state index >= 15 is 0 Å². The van der Waals surface area contributed by atoms with Gasteiger partial charge in [-0.15, -0.1) is 0 Å². The molecule has 3 rings (SSSR count). The van der Waals surface area contributed by atoms with E-state index in [0.717, 1.165) is 33.2 Å². The van der Waals surface area contributed by atoms with E-state index in [-0.39, 0.29) is 6.10 Å². The predicted molar refractivity (Wildman–Crippen MR) is 81.3 cm³/mol. The molecule has 0 amide bonds. The van der Waals surface area contributed by atoms with Gasteiger partial charge in [-0.2, -0.15) is 0 Å². The number of fused-ring (bicyclic) bond motifs is 1. The highest BCUT2D eigenvalue weighted by molar-refractivity contribution is 6.31. The summed E-state index contributed by atoms with van der Waals surface area (Å²) in [5.41, 5.74) is 2.97. The van der Waals surface area contributed by atoms with Crippen molar-refractivity contribution in [1.82, 2.24) is 9.97 Å². The average Bonchev–Trinajstić information content (AvgIpc) is 2.87. The number of hydrogen-bond donors (Lipinski definition) is 1. The highest BCUT2D eigenvalue weighted by Gasteiger charge is 2.12. The molecule has 0 aliphatic carbocycles. The number of H-pyrrole nitrogens is 1. The summed E-state index contributed by atoms with van der Waals surface area (Å²) in [5.74, 6) is 1.61. The van der Waals surface area contributed by atoms with Crippen molar-refractivity contribution in [3.05, 3.63) is 58.9 Å². The van der Waals surface area contributed by atoms with Crippen LogP contribution < -0.4 is 4.74 Å². The van der Waals surface area contributed by atoms with E-state index in [1.807, 2.05) is 56.3 Å². The molecule has 1 heterocycles. The van der Waals surface area contributed by atoms with Crippen LogP contribution in [0.25, 0.3) is 11.0 Å². The number of nitrogens with zero attached hydrogens (tertiary/aromatic N) is 1. The van der Waals surface area contributed by atoms with Crippen LogP contribution in [0.2, 0.25) is 5.02 Å². The van der Waals surface area contributed by atoms with Crippen LogP contribution in [-0.2, 0) is 0 Å². The molecule has 0 bridgehead atoms. The predicted octanol–water partition coefficient (Wildman–Crippen LogP) is 4.66. The summed E-state index contributed by atoms with van der Waals surface area (Å²) in [7, 11) is 0. The Morgan fingerprint density at radius 1 is 1.20 bits per heavy atom. The van der Waals surface area contributed by atoms with Crippen LogP contribution in [-0.4, -0.2) is 9.97 Å². The van der Waals surface area contributed by atoms with E-state index < -0.39 is 0 Å². The summed E-state index contributed by atoms with van der Waals surface area (Å²) >= 11 is 6.01. The lowest BCUT2D eigenvalue weighted by Gasteiger charge is -2.13. The first-order chi connectivity index (χ1) is 9.63. The van der Waals surface area contributed by atoms with Gasteiger partial charge in [0.15, 0.2) is 6.10 Å². The summed E-state index contributed by atoms with van der Waals surface area (Å²) in [5, 5.41) is 0.744. The van der Waals surface area contributed by atoms with E-state index in [1.165, 1.54) is 0 Å². The third kappa shape index (κ3) is 2.49. The van der Waals surface area contributed by atoms with E-state index in [2.05, 4.69) is 9.97 Å². The van der Waals surface area contributed by atoms with Crippen LogP contribution in [0.4, 0.5) is 0 Å². The zero-order chi connectivity index (χ0) is 14.1. The molecule has 4 heteroatoms. The minimum Gasteiger partial charge on any atom is -0.483 e. The fourth-order valence-electron chi connectivity index (χ4n) is 2.12. The second-order valence-electron chi connectivity index (χ2n) is 4.81. The van der Waals surface area contributed by atoms with Crippen molar-refractivity contribution >= 4 is 22.6 Å². The number of aromatic nitrogens is 2. The molecule has 3 nitrogen and oxygen atoms in total. The summed E-state index contributed by atoms with van der Waals surface area (Å²) in [6, 6.07) is 13.6. The van der Waals surface area contributed by atoms with E-state index in [9.17, 15) is 0 Å². The molecular formula is C16H15ClN2O. The number of para-hydroxylation sites is 2. The summed E-state index contributed by atoms with van der Waals surface area (Å²) in [4.78, 5) is 7.82. The molecule has 102 valence electrons. The Labute approximate surface area is 122 Å². The lowest BCUT2D eigenvalue weighted by atomic mass is 10.2. The Hall–Kier alpha value is -2.00. The first-order valence-electron chi connectivity index (χ1n) is 6.51. The van der Waals surface area contributed by atoms with Gasteiger partial charge < -0.3 is 9.72 Å².